The summed E-state index contributed by atoms with van der Waals surface area (Å²) in [7, 11) is 0. The smallest absolute Gasteiger partial charge is 0.123 e. The van der Waals surface area contributed by atoms with E-state index in [1.165, 1.54) is 11.1 Å². The normalized spacial score (nSPS) is 12.4. The first-order chi connectivity index (χ1) is 15.8. The van der Waals surface area contributed by atoms with Gasteiger partial charge in [0.2, 0.25) is 0 Å². The Morgan fingerprint density at radius 1 is 0.758 bits per heavy atom. The number of benzene rings is 1. The van der Waals surface area contributed by atoms with Crippen molar-refractivity contribution in [2.75, 3.05) is 23.9 Å². The van der Waals surface area contributed by atoms with Gasteiger partial charge >= 0.3 is 0 Å². The van der Waals surface area contributed by atoms with Crippen LogP contribution in [-0.4, -0.2) is 23.9 Å². The topological polar surface area (TPSA) is 18.5 Å². The Morgan fingerprint density at radius 3 is 1.70 bits per heavy atom. The second-order valence-corrected chi connectivity index (χ2v) is 11.7. The fraction of sp³-hybridized carbons (Fsp3) is 0.793. The predicted molar refractivity (Wildman–Crippen MR) is 153 cm³/mol. The number of halogens is 2. The minimum atomic E-state index is 0.0933. The predicted octanol–water partition coefficient (Wildman–Crippen LogP) is 9.88. The van der Waals surface area contributed by atoms with Crippen molar-refractivity contribution in [1.29, 1.82) is 0 Å². The summed E-state index contributed by atoms with van der Waals surface area (Å²) in [6, 6.07) is 4.71. The molecule has 33 heavy (non-hydrogen) atoms. The molecule has 0 saturated carbocycles. The average Bonchev–Trinajstić information content (AvgIpc) is 2.82. The Bertz CT molecular complexity index is 664. The van der Waals surface area contributed by atoms with Crippen molar-refractivity contribution in [1.82, 2.24) is 0 Å². The van der Waals surface area contributed by atoms with E-state index < -0.39 is 0 Å². The van der Waals surface area contributed by atoms with Gasteiger partial charge in [0.15, 0.2) is 0 Å². The highest BCUT2D eigenvalue weighted by molar-refractivity contribution is 9.09. The van der Waals surface area contributed by atoms with Crippen LogP contribution < -0.4 is 9.47 Å². The number of ether oxygens (including phenoxy) is 2. The van der Waals surface area contributed by atoms with E-state index in [-0.39, 0.29) is 10.8 Å². The molecule has 0 atom stereocenters. The molecular weight excluding hydrogens is 540 g/mol. The van der Waals surface area contributed by atoms with Gasteiger partial charge in [0.1, 0.15) is 11.5 Å². The highest BCUT2D eigenvalue weighted by Crippen LogP contribution is 2.47. The molecule has 4 heteroatoms. The van der Waals surface area contributed by atoms with Crippen molar-refractivity contribution in [3.8, 4) is 11.5 Å². The number of hydrogen-bond donors (Lipinski definition) is 0. The van der Waals surface area contributed by atoms with E-state index in [0.717, 1.165) is 93.2 Å². The average molecular weight is 591 g/mol. The zero-order chi connectivity index (χ0) is 24.9. The molecule has 0 fully saturated rings. The Morgan fingerprint density at radius 2 is 1.27 bits per heavy atom. The summed E-state index contributed by atoms with van der Waals surface area (Å²) in [5.41, 5.74) is 3.02. The van der Waals surface area contributed by atoms with Crippen molar-refractivity contribution in [2.45, 2.75) is 112 Å². The van der Waals surface area contributed by atoms with E-state index in [9.17, 15) is 0 Å². The fourth-order valence-corrected chi connectivity index (χ4v) is 5.65. The summed E-state index contributed by atoms with van der Waals surface area (Å²) in [4.78, 5) is 0. The fourth-order valence-electron chi connectivity index (χ4n) is 4.86. The van der Waals surface area contributed by atoms with Crippen LogP contribution >= 0.6 is 31.9 Å². The zero-order valence-electron chi connectivity index (χ0n) is 22.5. The van der Waals surface area contributed by atoms with Crippen LogP contribution in [-0.2, 0) is 11.8 Å². The third-order valence-corrected chi connectivity index (χ3v) is 9.08. The number of rotatable bonds is 18. The van der Waals surface area contributed by atoms with Crippen LogP contribution in [0.3, 0.4) is 0 Å². The lowest BCUT2D eigenvalue weighted by Gasteiger charge is -2.39. The number of hydrogen-bond acceptors (Lipinski definition) is 2. The van der Waals surface area contributed by atoms with Crippen LogP contribution in [0.4, 0.5) is 0 Å². The van der Waals surface area contributed by atoms with Crippen LogP contribution in [0.5, 0.6) is 11.5 Å². The summed E-state index contributed by atoms with van der Waals surface area (Å²) in [5.74, 6) is 2.69. The molecule has 0 heterocycles. The van der Waals surface area contributed by atoms with E-state index in [0.29, 0.717) is 5.92 Å². The Hall–Kier alpha value is -0.220. The first-order valence-electron chi connectivity index (χ1n) is 13.3. The van der Waals surface area contributed by atoms with Gasteiger partial charge in [0, 0.05) is 21.6 Å². The van der Waals surface area contributed by atoms with Crippen LogP contribution in [0.25, 0.3) is 0 Å². The Kier molecular flexibility index (Phi) is 14.7. The van der Waals surface area contributed by atoms with Gasteiger partial charge in [-0.25, -0.2) is 0 Å². The Balaban J connectivity index is 3.57. The SMILES string of the molecule is CCC(C)(CC)Cc1cc(OCCCCBr)c(C(CC)(CC)C(C)C)cc1OCCCCBr. The second kappa shape index (κ2) is 15.7. The van der Waals surface area contributed by atoms with E-state index in [1.807, 2.05) is 0 Å². The molecule has 1 rings (SSSR count). The van der Waals surface area contributed by atoms with Gasteiger partial charge in [-0.15, -0.1) is 0 Å². The minimum absolute atomic E-state index is 0.0933. The lowest BCUT2D eigenvalue weighted by molar-refractivity contribution is 0.247. The van der Waals surface area contributed by atoms with Gasteiger partial charge in [-0.05, 0) is 74.0 Å². The van der Waals surface area contributed by atoms with Crippen LogP contribution in [0, 0.1) is 11.3 Å². The zero-order valence-corrected chi connectivity index (χ0v) is 25.7. The van der Waals surface area contributed by atoms with Crippen molar-refractivity contribution >= 4 is 31.9 Å². The lowest BCUT2D eigenvalue weighted by Crippen LogP contribution is -2.32. The maximum atomic E-state index is 6.54. The number of unbranched alkanes of at least 4 members (excludes halogenated alkanes) is 2. The molecule has 0 amide bonds. The van der Waals surface area contributed by atoms with Crippen molar-refractivity contribution in [3.05, 3.63) is 23.3 Å². The van der Waals surface area contributed by atoms with Crippen molar-refractivity contribution in [2.24, 2.45) is 11.3 Å². The van der Waals surface area contributed by atoms with Gasteiger partial charge in [0.05, 0.1) is 13.2 Å². The molecule has 0 aliphatic rings. The lowest BCUT2D eigenvalue weighted by atomic mass is 9.67. The standard InChI is InChI=1S/C29H50Br2O2/c1-8-28(7,9-2)22-24-20-27(33-19-15-13-17-31)25(29(10-3,11-4)23(5)6)21-26(24)32-18-14-12-16-30/h20-21,23H,8-19,22H2,1-7H3. The minimum Gasteiger partial charge on any atom is -0.493 e. The summed E-state index contributed by atoms with van der Waals surface area (Å²) in [6.45, 7) is 17.9. The van der Waals surface area contributed by atoms with E-state index in [4.69, 9.17) is 9.47 Å². The summed E-state index contributed by atoms with van der Waals surface area (Å²) >= 11 is 7.10. The van der Waals surface area contributed by atoms with Crippen molar-refractivity contribution < 1.29 is 9.47 Å². The maximum absolute atomic E-state index is 6.54. The molecule has 0 aromatic heterocycles. The van der Waals surface area contributed by atoms with Gasteiger partial charge < -0.3 is 9.47 Å². The summed E-state index contributed by atoms with van der Waals surface area (Å²) in [6.07, 6.45) is 9.96. The van der Waals surface area contributed by atoms with Gasteiger partial charge in [-0.3, -0.25) is 0 Å². The summed E-state index contributed by atoms with van der Waals surface area (Å²) in [5, 5.41) is 2.06. The maximum Gasteiger partial charge on any atom is 0.123 e. The van der Waals surface area contributed by atoms with Crippen molar-refractivity contribution in [3.63, 3.8) is 0 Å². The first kappa shape index (κ1) is 30.8. The third kappa shape index (κ3) is 8.74. The van der Waals surface area contributed by atoms with Crippen LogP contribution in [0.15, 0.2) is 12.1 Å². The number of alkyl halides is 2. The van der Waals surface area contributed by atoms with Crippen LogP contribution in [0.2, 0.25) is 0 Å². The van der Waals surface area contributed by atoms with Gasteiger partial charge in [-0.1, -0.05) is 93.2 Å². The first-order valence-corrected chi connectivity index (χ1v) is 15.6. The second-order valence-electron chi connectivity index (χ2n) is 10.2. The molecule has 0 spiro atoms. The third-order valence-electron chi connectivity index (χ3n) is 7.96. The molecule has 1 aromatic carbocycles. The van der Waals surface area contributed by atoms with E-state index in [2.05, 4.69) is 92.5 Å². The van der Waals surface area contributed by atoms with Gasteiger partial charge in [-0.2, -0.15) is 0 Å². The molecule has 1 aromatic rings. The highest BCUT2D eigenvalue weighted by atomic mass is 79.9. The molecule has 0 N–H and O–H groups in total. The molecule has 2 nitrogen and oxygen atoms in total. The largest absolute Gasteiger partial charge is 0.493 e. The molecule has 0 saturated heterocycles. The summed E-state index contributed by atoms with van der Waals surface area (Å²) < 4.78 is 13.0. The molecule has 0 aliphatic carbocycles. The quantitative estimate of drug-likeness (QED) is 0.125. The Labute approximate surface area is 222 Å². The van der Waals surface area contributed by atoms with Crippen LogP contribution in [0.1, 0.15) is 111 Å². The highest BCUT2D eigenvalue weighted by Gasteiger charge is 2.36. The monoisotopic (exact) mass is 588 g/mol. The molecule has 0 radical (unpaired) electrons. The van der Waals surface area contributed by atoms with E-state index in [1.54, 1.807) is 0 Å². The molecule has 192 valence electrons. The molecule has 0 bridgehead atoms. The van der Waals surface area contributed by atoms with Gasteiger partial charge in [0.25, 0.3) is 0 Å². The van der Waals surface area contributed by atoms with E-state index >= 15 is 0 Å². The molecule has 0 unspecified atom stereocenters. The molecule has 0 aliphatic heterocycles. The molecular formula is C29H50Br2O2.